The average molecular weight is 298 g/mol. The Labute approximate surface area is 116 Å². The Morgan fingerprint density at radius 2 is 2.00 bits per heavy atom. The Bertz CT molecular complexity index is 648. The lowest BCUT2D eigenvalue weighted by molar-refractivity contribution is 0.475. The molecule has 1 aromatic carbocycles. The lowest BCUT2D eigenvalue weighted by atomic mass is 10.1. The molecule has 2 rings (SSSR count). The van der Waals surface area contributed by atoms with Crippen molar-refractivity contribution < 1.29 is 13.5 Å². The van der Waals surface area contributed by atoms with Crippen LogP contribution in [0, 0.1) is 6.92 Å². The van der Waals surface area contributed by atoms with Crippen molar-refractivity contribution in [1.82, 2.24) is 9.71 Å². The highest BCUT2D eigenvalue weighted by atomic mass is 32.2. The van der Waals surface area contributed by atoms with Gasteiger partial charge in [0.1, 0.15) is 5.75 Å². The third-order valence-electron chi connectivity index (χ3n) is 2.51. The maximum Gasteiger partial charge on any atom is 0.251 e. The van der Waals surface area contributed by atoms with E-state index in [9.17, 15) is 8.42 Å². The standard InChI is InChI=1S/C12H14N2O3S2/c1-9-13-8-12(18-9)19(16,17)14-7-6-10-2-4-11(15)5-3-10/h2-5,8,14-15H,6-7H2,1H3. The number of nitrogens with zero attached hydrogens (tertiary/aromatic N) is 1. The first-order valence-corrected chi connectivity index (χ1v) is 7.97. The number of aromatic hydroxyl groups is 1. The van der Waals surface area contributed by atoms with Crippen molar-refractivity contribution in [3.63, 3.8) is 0 Å². The highest BCUT2D eigenvalue weighted by Gasteiger charge is 2.16. The van der Waals surface area contributed by atoms with Crippen molar-refractivity contribution >= 4 is 21.4 Å². The zero-order valence-corrected chi connectivity index (χ0v) is 12.0. The molecule has 0 atom stereocenters. The van der Waals surface area contributed by atoms with Crippen LogP contribution >= 0.6 is 11.3 Å². The monoisotopic (exact) mass is 298 g/mol. The number of rotatable bonds is 5. The predicted octanol–water partition coefficient (Wildman–Crippen LogP) is 1.68. The molecule has 0 aliphatic rings. The van der Waals surface area contributed by atoms with Crippen molar-refractivity contribution in [2.45, 2.75) is 17.6 Å². The molecule has 2 aromatic rings. The number of sulfonamides is 1. The molecule has 0 aliphatic carbocycles. The largest absolute Gasteiger partial charge is 0.508 e. The van der Waals surface area contributed by atoms with Gasteiger partial charge in [-0.2, -0.15) is 0 Å². The van der Waals surface area contributed by atoms with E-state index in [1.54, 1.807) is 31.2 Å². The van der Waals surface area contributed by atoms with Crippen LogP contribution in [0.2, 0.25) is 0 Å². The first kappa shape index (κ1) is 14.0. The SMILES string of the molecule is Cc1ncc(S(=O)(=O)NCCc2ccc(O)cc2)s1. The molecule has 1 heterocycles. The Kier molecular flexibility index (Phi) is 4.18. The van der Waals surface area contributed by atoms with E-state index in [2.05, 4.69) is 9.71 Å². The van der Waals surface area contributed by atoms with Gasteiger partial charge in [-0.25, -0.2) is 18.1 Å². The highest BCUT2D eigenvalue weighted by molar-refractivity contribution is 7.91. The molecule has 0 fully saturated rings. The van der Waals surface area contributed by atoms with E-state index in [0.29, 0.717) is 13.0 Å². The summed E-state index contributed by atoms with van der Waals surface area (Å²) in [6.07, 6.45) is 1.93. The van der Waals surface area contributed by atoms with Gasteiger partial charge in [0.25, 0.3) is 10.0 Å². The van der Waals surface area contributed by atoms with Crippen LogP contribution in [0.4, 0.5) is 0 Å². The summed E-state index contributed by atoms with van der Waals surface area (Å²) in [6.45, 7) is 2.07. The smallest absolute Gasteiger partial charge is 0.251 e. The first-order chi connectivity index (χ1) is 8.97. The van der Waals surface area contributed by atoms with Gasteiger partial charge in [0, 0.05) is 6.54 Å². The van der Waals surface area contributed by atoms with Crippen molar-refractivity contribution in [2.24, 2.45) is 0 Å². The van der Waals surface area contributed by atoms with Crippen molar-refractivity contribution in [3.05, 3.63) is 41.0 Å². The fourth-order valence-corrected chi connectivity index (χ4v) is 3.71. The van der Waals surface area contributed by atoms with Gasteiger partial charge >= 0.3 is 0 Å². The van der Waals surface area contributed by atoms with Gasteiger partial charge in [-0.05, 0) is 31.0 Å². The van der Waals surface area contributed by atoms with Crippen LogP contribution in [0.1, 0.15) is 10.6 Å². The molecule has 0 amide bonds. The van der Waals surface area contributed by atoms with Crippen LogP contribution in [0.15, 0.2) is 34.7 Å². The van der Waals surface area contributed by atoms with Gasteiger partial charge in [0.15, 0.2) is 4.21 Å². The number of hydrogen-bond donors (Lipinski definition) is 2. The zero-order valence-electron chi connectivity index (χ0n) is 10.3. The number of thiazole rings is 1. The van der Waals surface area contributed by atoms with Gasteiger partial charge in [0.2, 0.25) is 0 Å². The van der Waals surface area contributed by atoms with E-state index in [0.717, 1.165) is 21.9 Å². The quantitative estimate of drug-likeness (QED) is 0.880. The van der Waals surface area contributed by atoms with E-state index in [-0.39, 0.29) is 9.96 Å². The molecule has 0 aliphatic heterocycles. The summed E-state index contributed by atoms with van der Waals surface area (Å²) in [5, 5.41) is 9.87. The number of aryl methyl sites for hydroxylation is 1. The lowest BCUT2D eigenvalue weighted by Gasteiger charge is -2.04. The molecule has 0 radical (unpaired) electrons. The lowest BCUT2D eigenvalue weighted by Crippen LogP contribution is -2.25. The summed E-state index contributed by atoms with van der Waals surface area (Å²) in [4.78, 5) is 3.93. The minimum atomic E-state index is -3.46. The fourth-order valence-electron chi connectivity index (χ4n) is 1.53. The number of phenols is 1. The molecule has 19 heavy (non-hydrogen) atoms. The molecule has 5 nitrogen and oxygen atoms in total. The topological polar surface area (TPSA) is 79.3 Å². The van der Waals surface area contributed by atoms with Gasteiger partial charge in [-0.1, -0.05) is 12.1 Å². The molecule has 102 valence electrons. The van der Waals surface area contributed by atoms with E-state index in [1.165, 1.54) is 6.20 Å². The Morgan fingerprint density at radius 1 is 1.32 bits per heavy atom. The Hall–Kier alpha value is -1.44. The van der Waals surface area contributed by atoms with Crippen LogP contribution in [0.5, 0.6) is 5.75 Å². The summed E-state index contributed by atoms with van der Waals surface area (Å²) in [5.41, 5.74) is 0.959. The average Bonchev–Trinajstić information content (AvgIpc) is 2.79. The maximum atomic E-state index is 11.9. The molecular weight excluding hydrogens is 284 g/mol. The fraction of sp³-hybridized carbons (Fsp3) is 0.250. The van der Waals surface area contributed by atoms with Crippen LogP contribution in [0.25, 0.3) is 0 Å². The Morgan fingerprint density at radius 3 is 2.58 bits per heavy atom. The number of benzene rings is 1. The summed E-state index contributed by atoms with van der Waals surface area (Å²) < 4.78 is 26.6. The third kappa shape index (κ3) is 3.76. The van der Waals surface area contributed by atoms with Crippen LogP contribution in [-0.2, 0) is 16.4 Å². The number of nitrogens with one attached hydrogen (secondary N) is 1. The van der Waals surface area contributed by atoms with Crippen molar-refractivity contribution in [2.75, 3.05) is 6.54 Å². The first-order valence-electron chi connectivity index (χ1n) is 5.67. The van der Waals surface area contributed by atoms with Gasteiger partial charge in [-0.15, -0.1) is 11.3 Å². The van der Waals surface area contributed by atoms with Gasteiger partial charge in [0.05, 0.1) is 11.2 Å². The van der Waals surface area contributed by atoms with Gasteiger partial charge in [-0.3, -0.25) is 0 Å². The molecular formula is C12H14N2O3S2. The Balaban J connectivity index is 1.93. The second-order valence-corrected chi connectivity index (χ2v) is 7.24. The summed E-state index contributed by atoms with van der Waals surface area (Å²) >= 11 is 1.15. The number of phenolic OH excluding ortho intramolecular Hbond substituents is 1. The number of aromatic nitrogens is 1. The minimum absolute atomic E-state index is 0.199. The van der Waals surface area contributed by atoms with E-state index < -0.39 is 10.0 Å². The minimum Gasteiger partial charge on any atom is -0.508 e. The van der Waals surface area contributed by atoms with Crippen LogP contribution in [0.3, 0.4) is 0 Å². The van der Waals surface area contributed by atoms with Crippen LogP contribution < -0.4 is 4.72 Å². The molecule has 1 aromatic heterocycles. The summed E-state index contributed by atoms with van der Waals surface area (Å²) in [7, 11) is -3.46. The molecule has 2 N–H and O–H groups in total. The highest BCUT2D eigenvalue weighted by Crippen LogP contribution is 2.17. The van der Waals surface area contributed by atoms with E-state index in [1.807, 2.05) is 0 Å². The van der Waals surface area contributed by atoms with Gasteiger partial charge < -0.3 is 5.11 Å². The molecule has 0 spiro atoms. The van der Waals surface area contributed by atoms with Crippen LogP contribution in [-0.4, -0.2) is 25.1 Å². The predicted molar refractivity (Wildman–Crippen MR) is 73.9 cm³/mol. The normalized spacial score (nSPS) is 11.6. The van der Waals surface area contributed by atoms with E-state index in [4.69, 9.17) is 5.11 Å². The molecule has 0 bridgehead atoms. The second kappa shape index (κ2) is 5.68. The van der Waals surface area contributed by atoms with Crippen molar-refractivity contribution in [1.29, 1.82) is 0 Å². The summed E-state index contributed by atoms with van der Waals surface area (Å²) in [5.74, 6) is 0.199. The van der Waals surface area contributed by atoms with Crippen molar-refractivity contribution in [3.8, 4) is 5.75 Å². The maximum absolute atomic E-state index is 11.9. The molecule has 0 saturated heterocycles. The number of hydrogen-bond acceptors (Lipinski definition) is 5. The molecule has 7 heteroatoms. The van der Waals surface area contributed by atoms with E-state index >= 15 is 0 Å². The second-order valence-electron chi connectivity index (χ2n) is 4.01. The third-order valence-corrected chi connectivity index (χ3v) is 5.34. The molecule has 0 saturated carbocycles. The molecule has 0 unspecified atom stereocenters. The zero-order chi connectivity index (χ0) is 13.9. The summed E-state index contributed by atoms with van der Waals surface area (Å²) in [6, 6.07) is 6.69.